The lowest BCUT2D eigenvalue weighted by atomic mass is 9.85. The van der Waals surface area contributed by atoms with Crippen molar-refractivity contribution < 1.29 is 18.7 Å². The normalized spacial score (nSPS) is 11.1. The van der Waals surface area contributed by atoms with Crippen LogP contribution in [0.25, 0.3) is 44.1 Å². The molecule has 0 atom stereocenters. The maximum Gasteiger partial charge on any atom is 0.341 e. The van der Waals surface area contributed by atoms with Crippen LogP contribution in [0.5, 0.6) is 0 Å². The van der Waals surface area contributed by atoms with Crippen LogP contribution in [0.2, 0.25) is 0 Å². The van der Waals surface area contributed by atoms with Gasteiger partial charge in [-0.25, -0.2) is 9.18 Å². The van der Waals surface area contributed by atoms with Gasteiger partial charge in [0.1, 0.15) is 11.4 Å². The number of hydrogen-bond acceptors (Lipinski definition) is 7. The zero-order valence-electron chi connectivity index (χ0n) is 36.6. The van der Waals surface area contributed by atoms with E-state index in [0.29, 0.717) is 28.8 Å². The summed E-state index contributed by atoms with van der Waals surface area (Å²) in [4.78, 5) is 37.8. The van der Waals surface area contributed by atoms with Crippen molar-refractivity contribution in [2.24, 2.45) is 0 Å². The molecule has 0 saturated carbocycles. The SMILES string of the molecule is CC(=O)c1cnc2c(-c3c(C)c(C)c(C)c(C)c3C)c(F)ccc2c1N(C)C.CCOC(=O)c1cnc2c(-c3c(C)c(C)c(C)c(C)c3C)cccc2c1N(C)C. The highest BCUT2D eigenvalue weighted by molar-refractivity contribution is 6.11. The van der Waals surface area contributed by atoms with Crippen molar-refractivity contribution in [2.45, 2.75) is 83.1 Å². The van der Waals surface area contributed by atoms with Gasteiger partial charge in [-0.1, -0.05) is 18.2 Å². The molecule has 0 radical (unpaired) electrons. The molecule has 0 saturated heterocycles. The average molecular weight is 769 g/mol. The molecule has 0 unspecified atom stereocenters. The average Bonchev–Trinajstić information content (AvgIpc) is 3.17. The van der Waals surface area contributed by atoms with E-state index < -0.39 is 0 Å². The van der Waals surface area contributed by atoms with Crippen LogP contribution < -0.4 is 9.80 Å². The maximum atomic E-state index is 15.2. The molecule has 57 heavy (non-hydrogen) atoms. The fraction of sp³-hybridized carbons (Fsp3) is 0.347. The molecule has 0 amide bonds. The predicted molar refractivity (Wildman–Crippen MR) is 236 cm³/mol. The maximum absolute atomic E-state index is 15.2. The van der Waals surface area contributed by atoms with Crippen molar-refractivity contribution in [1.29, 1.82) is 0 Å². The molecule has 0 N–H and O–H groups in total. The third kappa shape index (κ3) is 7.38. The Hall–Kier alpha value is -5.63. The van der Waals surface area contributed by atoms with E-state index in [2.05, 4.69) is 66.4 Å². The summed E-state index contributed by atoms with van der Waals surface area (Å²) < 4.78 is 20.5. The Morgan fingerprint density at radius 3 is 1.51 bits per heavy atom. The quantitative estimate of drug-likeness (QED) is 0.118. The van der Waals surface area contributed by atoms with Crippen LogP contribution in [0.3, 0.4) is 0 Å². The van der Waals surface area contributed by atoms with Crippen molar-refractivity contribution in [3.05, 3.63) is 115 Å². The molecule has 6 aromatic rings. The highest BCUT2D eigenvalue weighted by atomic mass is 19.1. The number of rotatable bonds is 7. The lowest BCUT2D eigenvalue weighted by molar-refractivity contribution is 0.0526. The molecular formula is C49H57FN4O3. The lowest BCUT2D eigenvalue weighted by Gasteiger charge is -2.23. The van der Waals surface area contributed by atoms with Gasteiger partial charge in [-0.05, 0) is 162 Å². The summed E-state index contributed by atoms with van der Waals surface area (Å²) in [5, 5.41) is 1.73. The first-order valence-electron chi connectivity index (χ1n) is 19.5. The first kappa shape index (κ1) is 42.5. The molecule has 0 aliphatic rings. The van der Waals surface area contributed by atoms with Gasteiger partial charge in [0.25, 0.3) is 0 Å². The Morgan fingerprint density at radius 2 is 1.02 bits per heavy atom. The highest BCUT2D eigenvalue weighted by Gasteiger charge is 2.24. The summed E-state index contributed by atoms with van der Waals surface area (Å²) in [5.41, 5.74) is 20.1. The zero-order chi connectivity index (χ0) is 42.4. The molecule has 0 aliphatic heterocycles. The van der Waals surface area contributed by atoms with Crippen molar-refractivity contribution in [1.82, 2.24) is 9.97 Å². The number of fused-ring (bicyclic) bond motifs is 2. The van der Waals surface area contributed by atoms with E-state index in [1.54, 1.807) is 18.5 Å². The largest absolute Gasteiger partial charge is 0.462 e. The molecule has 2 aromatic heterocycles. The van der Waals surface area contributed by atoms with E-state index >= 15 is 4.39 Å². The number of halogens is 1. The Kier molecular flexibility index (Phi) is 12.3. The van der Waals surface area contributed by atoms with E-state index in [4.69, 9.17) is 9.72 Å². The fourth-order valence-electron chi connectivity index (χ4n) is 8.23. The molecule has 8 heteroatoms. The third-order valence-corrected chi connectivity index (χ3v) is 12.1. The summed E-state index contributed by atoms with van der Waals surface area (Å²) in [5.74, 6) is -0.696. The van der Waals surface area contributed by atoms with Crippen LogP contribution in [0.4, 0.5) is 15.8 Å². The summed E-state index contributed by atoms with van der Waals surface area (Å²) in [6.45, 7) is 24.9. The standard InChI is InChI=1S/C25H30N2O2.C24H27FN2O/c1-9-29-25(28)21-13-26-23-19(11-10-12-20(23)24(21)27(7)8)22-17(5)15(3)14(2)16(4)18(22)6;1-12-13(2)15(4)21(16(5)14(12)3)22-20(25)10-9-18-23(22)26-11-19(17(6)28)24(18)27(7)8/h10-13H,9H2,1-8H3;9-11H,1-8H3. The molecule has 7 nitrogen and oxygen atoms in total. The minimum Gasteiger partial charge on any atom is -0.462 e. The van der Waals surface area contributed by atoms with Gasteiger partial charge in [-0.15, -0.1) is 0 Å². The van der Waals surface area contributed by atoms with Gasteiger partial charge in [0.05, 0.1) is 34.6 Å². The molecule has 2 heterocycles. The van der Waals surface area contributed by atoms with Gasteiger partial charge in [-0.3, -0.25) is 14.8 Å². The summed E-state index contributed by atoms with van der Waals surface area (Å²) >= 11 is 0. The number of pyridine rings is 2. The van der Waals surface area contributed by atoms with Crippen LogP contribution in [0.15, 0.2) is 42.7 Å². The number of benzene rings is 4. The number of Topliss-reactive ketones (excluding diaryl/α,β-unsaturated/α-hetero) is 1. The zero-order valence-corrected chi connectivity index (χ0v) is 36.6. The van der Waals surface area contributed by atoms with Gasteiger partial charge < -0.3 is 14.5 Å². The first-order chi connectivity index (χ1) is 26.8. The fourth-order valence-corrected chi connectivity index (χ4v) is 8.23. The monoisotopic (exact) mass is 768 g/mol. The third-order valence-electron chi connectivity index (χ3n) is 12.1. The minimum absolute atomic E-state index is 0.0571. The predicted octanol–water partition coefficient (Wildman–Crippen LogP) is 11.5. The van der Waals surface area contributed by atoms with Gasteiger partial charge >= 0.3 is 5.97 Å². The molecule has 0 aliphatic carbocycles. The van der Waals surface area contributed by atoms with Gasteiger partial charge in [-0.2, -0.15) is 0 Å². The van der Waals surface area contributed by atoms with Gasteiger partial charge in [0.15, 0.2) is 5.78 Å². The van der Waals surface area contributed by atoms with Crippen LogP contribution in [-0.4, -0.2) is 56.5 Å². The smallest absolute Gasteiger partial charge is 0.341 e. The van der Waals surface area contributed by atoms with Crippen LogP contribution in [0.1, 0.15) is 90.2 Å². The van der Waals surface area contributed by atoms with E-state index in [1.165, 1.54) is 63.1 Å². The second kappa shape index (κ2) is 16.5. The summed E-state index contributed by atoms with van der Waals surface area (Å²) in [7, 11) is 7.67. The molecule has 0 bridgehead atoms. The second-order valence-electron chi connectivity index (χ2n) is 15.6. The number of anilines is 2. The number of ketones is 1. The number of ether oxygens (including phenoxy) is 1. The van der Waals surface area contributed by atoms with Crippen molar-refractivity contribution in [2.75, 3.05) is 44.6 Å². The van der Waals surface area contributed by atoms with E-state index in [1.807, 2.05) is 70.9 Å². The number of carbonyl (C=O) groups excluding carboxylic acids is 2. The molecule has 6 rings (SSSR count). The molecule has 0 spiro atoms. The Balaban J connectivity index is 0.000000218. The Morgan fingerprint density at radius 1 is 0.579 bits per heavy atom. The van der Waals surface area contributed by atoms with E-state index in [-0.39, 0.29) is 17.6 Å². The Bertz CT molecular complexity index is 2550. The van der Waals surface area contributed by atoms with Crippen LogP contribution >= 0.6 is 0 Å². The molecule has 298 valence electrons. The van der Waals surface area contributed by atoms with E-state index in [9.17, 15) is 9.59 Å². The summed E-state index contributed by atoms with van der Waals surface area (Å²) in [6, 6.07) is 9.41. The topological polar surface area (TPSA) is 75.6 Å². The van der Waals surface area contributed by atoms with Gasteiger partial charge in [0, 0.05) is 62.5 Å². The second-order valence-corrected chi connectivity index (χ2v) is 15.6. The van der Waals surface area contributed by atoms with Gasteiger partial charge in [0.2, 0.25) is 0 Å². The summed E-state index contributed by atoms with van der Waals surface area (Å²) in [6.07, 6.45) is 3.22. The lowest BCUT2D eigenvalue weighted by Crippen LogP contribution is -2.16. The highest BCUT2D eigenvalue weighted by Crippen LogP contribution is 2.42. The number of hydrogen-bond donors (Lipinski definition) is 0. The van der Waals surface area contributed by atoms with Crippen LogP contribution in [-0.2, 0) is 4.74 Å². The first-order valence-corrected chi connectivity index (χ1v) is 19.5. The Labute approximate surface area is 337 Å². The van der Waals surface area contributed by atoms with Crippen molar-refractivity contribution in [3.8, 4) is 22.3 Å². The number of aromatic nitrogens is 2. The number of carbonyl (C=O) groups is 2. The van der Waals surface area contributed by atoms with E-state index in [0.717, 1.165) is 49.9 Å². The number of esters is 1. The molecular weight excluding hydrogens is 712 g/mol. The molecule has 4 aromatic carbocycles. The van der Waals surface area contributed by atoms with Crippen molar-refractivity contribution >= 4 is 44.9 Å². The number of para-hydroxylation sites is 1. The van der Waals surface area contributed by atoms with Crippen LogP contribution in [0, 0.1) is 75.1 Å². The number of nitrogens with zero attached hydrogens (tertiary/aromatic N) is 4. The van der Waals surface area contributed by atoms with Crippen molar-refractivity contribution in [3.63, 3.8) is 0 Å². The minimum atomic E-state index is -0.342. The molecule has 0 fully saturated rings.